The van der Waals surface area contributed by atoms with Crippen molar-refractivity contribution in [3.8, 4) is 0 Å². The van der Waals surface area contributed by atoms with Crippen molar-refractivity contribution >= 4 is 18.5 Å². The molecule has 0 spiro atoms. The second kappa shape index (κ2) is 11.0. The van der Waals surface area contributed by atoms with Crippen LogP contribution in [0.4, 0.5) is 0 Å². The molecule has 3 heteroatoms. The van der Waals surface area contributed by atoms with Crippen LogP contribution < -0.4 is 5.73 Å². The third-order valence-corrected chi connectivity index (χ3v) is 3.03. The van der Waals surface area contributed by atoms with Crippen LogP contribution in [-0.4, -0.2) is 17.8 Å². The van der Waals surface area contributed by atoms with E-state index in [1.807, 2.05) is 18.2 Å². The number of halogens is 1. The van der Waals surface area contributed by atoms with E-state index < -0.39 is 0 Å². The molecule has 0 aromatic heterocycles. The van der Waals surface area contributed by atoms with Crippen LogP contribution in [0, 0.1) is 0 Å². The maximum Gasteiger partial charge on any atom is 0.0585 e. The lowest BCUT2D eigenvalue weighted by Gasteiger charge is -2.12. The largest absolute Gasteiger partial charge is 0.395 e. The van der Waals surface area contributed by atoms with E-state index in [-0.39, 0.29) is 25.1 Å². The van der Waals surface area contributed by atoms with Gasteiger partial charge in [-0.3, -0.25) is 0 Å². The lowest BCUT2D eigenvalue weighted by molar-refractivity contribution is 0.264. The van der Waals surface area contributed by atoms with Crippen LogP contribution in [0.1, 0.15) is 44.6 Å². The Labute approximate surface area is 123 Å². The molecule has 3 N–H and O–H groups in total. The minimum Gasteiger partial charge on any atom is -0.395 e. The summed E-state index contributed by atoms with van der Waals surface area (Å²) in [4.78, 5) is 0. The van der Waals surface area contributed by atoms with E-state index in [2.05, 4.69) is 25.1 Å². The molecule has 0 saturated carbocycles. The molecule has 0 aliphatic rings. The zero-order chi connectivity index (χ0) is 13.2. The SMILES string of the molecule is CCCCC/C(=C\c1ccccc1)CC(N)CO.Cl. The first-order valence-electron chi connectivity index (χ1n) is 6.87. The van der Waals surface area contributed by atoms with Gasteiger partial charge in [-0.25, -0.2) is 0 Å². The van der Waals surface area contributed by atoms with Crippen LogP contribution in [0.2, 0.25) is 0 Å². The monoisotopic (exact) mass is 283 g/mol. The van der Waals surface area contributed by atoms with Crippen molar-refractivity contribution in [3.63, 3.8) is 0 Å². The van der Waals surface area contributed by atoms with E-state index >= 15 is 0 Å². The highest BCUT2D eigenvalue weighted by Crippen LogP contribution is 2.18. The van der Waals surface area contributed by atoms with Gasteiger partial charge in [0.2, 0.25) is 0 Å². The third-order valence-electron chi connectivity index (χ3n) is 3.03. The average Bonchev–Trinajstić information content (AvgIpc) is 2.40. The van der Waals surface area contributed by atoms with Crippen LogP contribution in [-0.2, 0) is 0 Å². The highest BCUT2D eigenvalue weighted by Gasteiger charge is 2.05. The van der Waals surface area contributed by atoms with Gasteiger partial charge in [0.15, 0.2) is 0 Å². The number of benzene rings is 1. The Hall–Kier alpha value is -0.830. The molecule has 0 radical (unpaired) electrons. The van der Waals surface area contributed by atoms with Gasteiger partial charge in [-0.05, 0) is 24.8 Å². The molecule has 0 heterocycles. The standard InChI is InChI=1S/C16H25NO.ClH/c1-2-3-5-10-15(12-16(17)13-18)11-14-8-6-4-7-9-14;/h4,6-9,11,16,18H,2-3,5,10,12-13,17H2,1H3;1H/b15-11+;. The van der Waals surface area contributed by atoms with E-state index in [4.69, 9.17) is 10.8 Å². The predicted octanol–water partition coefficient (Wildman–Crippen LogP) is 3.78. The Morgan fingerprint density at radius 1 is 1.26 bits per heavy atom. The second-order valence-electron chi connectivity index (χ2n) is 4.82. The molecule has 108 valence electrons. The maximum atomic E-state index is 9.07. The van der Waals surface area contributed by atoms with Crippen molar-refractivity contribution in [2.45, 2.75) is 45.1 Å². The van der Waals surface area contributed by atoms with E-state index in [1.165, 1.54) is 30.4 Å². The third kappa shape index (κ3) is 8.04. The van der Waals surface area contributed by atoms with Crippen LogP contribution >= 0.6 is 12.4 Å². The Morgan fingerprint density at radius 2 is 1.95 bits per heavy atom. The first-order chi connectivity index (χ1) is 8.76. The molecule has 0 aliphatic heterocycles. The summed E-state index contributed by atoms with van der Waals surface area (Å²) in [7, 11) is 0. The molecule has 0 aliphatic carbocycles. The smallest absolute Gasteiger partial charge is 0.0585 e. The summed E-state index contributed by atoms with van der Waals surface area (Å²) >= 11 is 0. The van der Waals surface area contributed by atoms with E-state index in [0.29, 0.717) is 0 Å². The number of aliphatic hydroxyl groups excluding tert-OH is 1. The lowest BCUT2D eigenvalue weighted by Crippen LogP contribution is -2.24. The van der Waals surface area contributed by atoms with Gasteiger partial charge in [0, 0.05) is 6.04 Å². The van der Waals surface area contributed by atoms with Gasteiger partial charge in [0.05, 0.1) is 6.61 Å². The van der Waals surface area contributed by atoms with Crippen molar-refractivity contribution < 1.29 is 5.11 Å². The van der Waals surface area contributed by atoms with Gasteiger partial charge >= 0.3 is 0 Å². The Balaban J connectivity index is 0.00000324. The zero-order valence-electron chi connectivity index (χ0n) is 11.7. The average molecular weight is 284 g/mol. The zero-order valence-corrected chi connectivity index (χ0v) is 12.5. The van der Waals surface area contributed by atoms with Crippen LogP contribution in [0.3, 0.4) is 0 Å². The first-order valence-corrected chi connectivity index (χ1v) is 6.87. The summed E-state index contributed by atoms with van der Waals surface area (Å²) in [6.07, 6.45) is 7.76. The molecule has 1 unspecified atom stereocenters. The lowest BCUT2D eigenvalue weighted by atomic mass is 9.98. The molecule has 1 rings (SSSR count). The fourth-order valence-corrected chi connectivity index (χ4v) is 2.02. The molecule has 0 fully saturated rings. The van der Waals surface area contributed by atoms with E-state index in [1.54, 1.807) is 0 Å². The summed E-state index contributed by atoms with van der Waals surface area (Å²) in [5.41, 5.74) is 8.40. The van der Waals surface area contributed by atoms with Gasteiger partial charge in [0.1, 0.15) is 0 Å². The van der Waals surface area contributed by atoms with Gasteiger partial charge in [-0.15, -0.1) is 12.4 Å². The van der Waals surface area contributed by atoms with Gasteiger partial charge < -0.3 is 10.8 Å². The Kier molecular flexibility index (Phi) is 10.6. The molecule has 1 aromatic carbocycles. The molecule has 0 amide bonds. The summed E-state index contributed by atoms with van der Waals surface area (Å²) in [5, 5.41) is 9.07. The maximum absolute atomic E-state index is 9.07. The van der Waals surface area contributed by atoms with Crippen molar-refractivity contribution in [2.75, 3.05) is 6.61 Å². The number of unbranched alkanes of at least 4 members (excludes halogenated alkanes) is 2. The first kappa shape index (κ1) is 18.2. The molecule has 0 saturated heterocycles. The van der Waals surface area contributed by atoms with Crippen molar-refractivity contribution in [1.29, 1.82) is 0 Å². The van der Waals surface area contributed by atoms with Gasteiger partial charge in [0.25, 0.3) is 0 Å². The fourth-order valence-electron chi connectivity index (χ4n) is 2.02. The summed E-state index contributed by atoms with van der Waals surface area (Å²) < 4.78 is 0. The molecular weight excluding hydrogens is 258 g/mol. The molecule has 2 nitrogen and oxygen atoms in total. The minimum absolute atomic E-state index is 0. The number of hydrogen-bond donors (Lipinski definition) is 2. The quantitative estimate of drug-likeness (QED) is 0.713. The molecule has 1 atom stereocenters. The van der Waals surface area contributed by atoms with Gasteiger partial charge in [-0.2, -0.15) is 0 Å². The van der Waals surface area contributed by atoms with Crippen molar-refractivity contribution in [1.82, 2.24) is 0 Å². The normalized spacial score (nSPS) is 12.9. The van der Waals surface area contributed by atoms with Gasteiger partial charge in [-0.1, -0.05) is 61.7 Å². The molecule has 19 heavy (non-hydrogen) atoms. The molecule has 0 bridgehead atoms. The number of rotatable bonds is 8. The van der Waals surface area contributed by atoms with Crippen molar-refractivity contribution in [2.24, 2.45) is 5.73 Å². The minimum atomic E-state index is -0.137. The Morgan fingerprint density at radius 3 is 2.53 bits per heavy atom. The number of hydrogen-bond acceptors (Lipinski definition) is 2. The number of aliphatic hydroxyl groups is 1. The van der Waals surface area contributed by atoms with Crippen molar-refractivity contribution in [3.05, 3.63) is 41.5 Å². The second-order valence-corrected chi connectivity index (χ2v) is 4.82. The van der Waals surface area contributed by atoms with E-state index in [9.17, 15) is 0 Å². The summed E-state index contributed by atoms with van der Waals surface area (Å²) in [6.45, 7) is 2.26. The fraction of sp³-hybridized carbons (Fsp3) is 0.500. The van der Waals surface area contributed by atoms with Crippen LogP contribution in [0.15, 0.2) is 35.9 Å². The summed E-state index contributed by atoms with van der Waals surface area (Å²) in [5.74, 6) is 0. The highest BCUT2D eigenvalue weighted by molar-refractivity contribution is 5.85. The van der Waals surface area contributed by atoms with E-state index in [0.717, 1.165) is 12.8 Å². The van der Waals surface area contributed by atoms with Crippen LogP contribution in [0.5, 0.6) is 0 Å². The highest BCUT2D eigenvalue weighted by atomic mass is 35.5. The molecule has 1 aromatic rings. The van der Waals surface area contributed by atoms with Crippen LogP contribution in [0.25, 0.3) is 6.08 Å². The topological polar surface area (TPSA) is 46.2 Å². The summed E-state index contributed by atoms with van der Waals surface area (Å²) in [6, 6.07) is 10.2. The predicted molar refractivity (Wildman–Crippen MR) is 85.5 cm³/mol. The molecular formula is C16H26ClNO. The number of nitrogens with two attached hydrogens (primary N) is 1. The Bertz CT molecular complexity index is 351.